The molecule has 0 radical (unpaired) electrons. The number of rotatable bonds is 3. The largest absolute Gasteiger partial charge is 0.493 e. The number of methoxy groups -OCH3 is 2. The van der Waals surface area contributed by atoms with Crippen LogP contribution in [0.15, 0.2) is 41.4 Å². The van der Waals surface area contributed by atoms with Gasteiger partial charge in [0.1, 0.15) is 6.54 Å². The van der Waals surface area contributed by atoms with Gasteiger partial charge in [-0.05, 0) is 18.2 Å². The maximum atomic E-state index is 13.1. The molecule has 2 aromatic carbocycles. The number of hydrogen-bond acceptors (Lipinski definition) is 4. The third-order valence-electron chi connectivity index (χ3n) is 4.33. The van der Waals surface area contributed by atoms with E-state index in [1.165, 1.54) is 31.3 Å². The molecule has 1 amide bonds. The number of hydrogen-bond donors (Lipinski definition) is 0. The average molecular weight is 378 g/mol. The first kappa shape index (κ1) is 18.8. The standard InChI is InChI=1S/C19H17F3N2O3/c1-24-14-9-16(27-3)15(26-2)8-13(14)18(23-10-17(24)25)11-5-4-6-12(7-11)19(20,21)22/h4-9H,10H2,1-3H3. The summed E-state index contributed by atoms with van der Waals surface area (Å²) in [5, 5.41) is 0. The maximum absolute atomic E-state index is 13.1. The summed E-state index contributed by atoms with van der Waals surface area (Å²) in [5.41, 5.74) is 0.733. The smallest absolute Gasteiger partial charge is 0.416 e. The van der Waals surface area contributed by atoms with Gasteiger partial charge < -0.3 is 14.4 Å². The molecule has 0 atom stereocenters. The molecule has 0 fully saturated rings. The number of benzene rings is 2. The molecule has 0 unspecified atom stereocenters. The predicted octanol–water partition coefficient (Wildman–Crippen LogP) is 3.54. The van der Waals surface area contributed by atoms with Crippen LogP contribution in [0.1, 0.15) is 16.7 Å². The average Bonchev–Trinajstić information content (AvgIpc) is 2.77. The molecule has 0 aliphatic carbocycles. The maximum Gasteiger partial charge on any atom is 0.416 e. The van der Waals surface area contributed by atoms with E-state index >= 15 is 0 Å². The zero-order valence-corrected chi connectivity index (χ0v) is 14.9. The molecule has 1 aliphatic rings. The fourth-order valence-electron chi connectivity index (χ4n) is 2.90. The lowest BCUT2D eigenvalue weighted by Gasteiger charge is -2.20. The molecule has 0 bridgehead atoms. The highest BCUT2D eigenvalue weighted by atomic mass is 19.4. The highest BCUT2D eigenvalue weighted by molar-refractivity contribution is 6.20. The SMILES string of the molecule is COc1cc2c(cc1OC)N(C)C(=O)CN=C2c1cccc(C(F)(F)F)c1. The zero-order valence-electron chi connectivity index (χ0n) is 14.9. The van der Waals surface area contributed by atoms with E-state index in [1.54, 1.807) is 19.2 Å². The van der Waals surface area contributed by atoms with Crippen LogP contribution in [0.2, 0.25) is 0 Å². The Kier molecular flexibility index (Phi) is 4.82. The van der Waals surface area contributed by atoms with Gasteiger partial charge >= 0.3 is 6.18 Å². The summed E-state index contributed by atoms with van der Waals surface area (Å²) in [4.78, 5) is 18.0. The summed E-state index contributed by atoms with van der Waals surface area (Å²) in [7, 11) is 4.50. The molecule has 142 valence electrons. The predicted molar refractivity (Wildman–Crippen MR) is 94.9 cm³/mol. The van der Waals surface area contributed by atoms with Crippen molar-refractivity contribution in [1.82, 2.24) is 0 Å². The van der Waals surface area contributed by atoms with Crippen molar-refractivity contribution >= 4 is 17.3 Å². The third-order valence-corrected chi connectivity index (χ3v) is 4.33. The molecular formula is C19H17F3N2O3. The van der Waals surface area contributed by atoms with Crippen LogP contribution in [0.4, 0.5) is 18.9 Å². The van der Waals surface area contributed by atoms with Crippen molar-refractivity contribution in [3.8, 4) is 11.5 Å². The van der Waals surface area contributed by atoms with Crippen molar-refractivity contribution in [3.05, 3.63) is 53.1 Å². The van der Waals surface area contributed by atoms with Crippen LogP contribution in [0, 0.1) is 0 Å². The molecule has 8 heteroatoms. The molecule has 0 aromatic heterocycles. The second-order valence-corrected chi connectivity index (χ2v) is 5.92. The van der Waals surface area contributed by atoms with Gasteiger partial charge in [-0.2, -0.15) is 13.2 Å². The number of alkyl halides is 3. The number of fused-ring (bicyclic) bond motifs is 1. The van der Waals surface area contributed by atoms with Crippen LogP contribution in [0.3, 0.4) is 0 Å². The van der Waals surface area contributed by atoms with Crippen LogP contribution in [0.25, 0.3) is 0 Å². The summed E-state index contributed by atoms with van der Waals surface area (Å²) in [6.07, 6.45) is -4.48. The molecular weight excluding hydrogens is 361 g/mol. The summed E-state index contributed by atoms with van der Waals surface area (Å²) in [6, 6.07) is 8.09. The molecule has 3 rings (SSSR count). The van der Waals surface area contributed by atoms with E-state index in [2.05, 4.69) is 4.99 Å². The van der Waals surface area contributed by atoms with Gasteiger partial charge in [-0.25, -0.2) is 0 Å². The minimum absolute atomic E-state index is 0.179. The Hall–Kier alpha value is -3.03. The van der Waals surface area contributed by atoms with E-state index in [-0.39, 0.29) is 23.7 Å². The molecule has 1 heterocycles. The molecule has 1 aliphatic heterocycles. The number of amides is 1. The Labute approximate surface area is 154 Å². The number of halogens is 3. The first-order chi connectivity index (χ1) is 12.8. The topological polar surface area (TPSA) is 51.1 Å². The monoisotopic (exact) mass is 378 g/mol. The van der Waals surface area contributed by atoms with Crippen molar-refractivity contribution in [2.75, 3.05) is 32.7 Å². The Morgan fingerprint density at radius 3 is 2.37 bits per heavy atom. The molecule has 0 spiro atoms. The van der Waals surface area contributed by atoms with E-state index < -0.39 is 11.7 Å². The van der Waals surface area contributed by atoms with Gasteiger partial charge in [0.25, 0.3) is 0 Å². The van der Waals surface area contributed by atoms with Crippen LogP contribution in [-0.4, -0.2) is 39.4 Å². The summed E-state index contributed by atoms with van der Waals surface area (Å²) >= 11 is 0. The number of nitrogens with zero attached hydrogens (tertiary/aromatic N) is 2. The van der Waals surface area contributed by atoms with Crippen LogP contribution in [0.5, 0.6) is 11.5 Å². The fourth-order valence-corrected chi connectivity index (χ4v) is 2.90. The van der Waals surface area contributed by atoms with E-state index in [0.29, 0.717) is 22.7 Å². The number of carbonyl (C=O) groups is 1. The number of anilines is 1. The Morgan fingerprint density at radius 1 is 1.07 bits per heavy atom. The van der Waals surface area contributed by atoms with Crippen molar-refractivity contribution < 1.29 is 27.4 Å². The highest BCUT2D eigenvalue weighted by Gasteiger charge is 2.32. The van der Waals surface area contributed by atoms with E-state index in [4.69, 9.17) is 9.47 Å². The van der Waals surface area contributed by atoms with Crippen LogP contribution in [-0.2, 0) is 11.0 Å². The molecule has 27 heavy (non-hydrogen) atoms. The molecule has 2 aromatic rings. The summed E-state index contributed by atoms with van der Waals surface area (Å²) < 4.78 is 49.9. The Bertz CT molecular complexity index is 923. The van der Waals surface area contributed by atoms with Crippen molar-refractivity contribution in [2.24, 2.45) is 4.99 Å². The van der Waals surface area contributed by atoms with E-state index in [0.717, 1.165) is 12.1 Å². The van der Waals surface area contributed by atoms with Crippen molar-refractivity contribution in [1.29, 1.82) is 0 Å². The molecule has 0 saturated carbocycles. The van der Waals surface area contributed by atoms with Gasteiger partial charge in [0.15, 0.2) is 11.5 Å². The van der Waals surface area contributed by atoms with Gasteiger partial charge in [0.05, 0.1) is 31.2 Å². The lowest BCUT2D eigenvalue weighted by molar-refractivity contribution is -0.137. The normalized spacial score (nSPS) is 14.4. The van der Waals surface area contributed by atoms with Gasteiger partial charge in [-0.3, -0.25) is 9.79 Å². The lowest BCUT2D eigenvalue weighted by atomic mass is 9.98. The fraction of sp³-hybridized carbons (Fsp3) is 0.263. The summed E-state index contributed by atoms with van der Waals surface area (Å²) in [5.74, 6) is 0.505. The van der Waals surface area contributed by atoms with Crippen LogP contribution < -0.4 is 14.4 Å². The lowest BCUT2D eigenvalue weighted by Crippen LogP contribution is -2.27. The van der Waals surface area contributed by atoms with Crippen LogP contribution >= 0.6 is 0 Å². The number of ether oxygens (including phenoxy) is 2. The molecule has 5 nitrogen and oxygen atoms in total. The van der Waals surface area contributed by atoms with Gasteiger partial charge in [-0.1, -0.05) is 12.1 Å². The first-order valence-electron chi connectivity index (χ1n) is 8.01. The quantitative estimate of drug-likeness (QED) is 0.821. The summed E-state index contributed by atoms with van der Waals surface area (Å²) in [6.45, 7) is -0.179. The molecule has 0 N–H and O–H groups in total. The highest BCUT2D eigenvalue weighted by Crippen LogP contribution is 2.38. The first-order valence-corrected chi connectivity index (χ1v) is 8.01. The zero-order chi connectivity index (χ0) is 19.8. The number of carbonyl (C=O) groups excluding carboxylic acids is 1. The Balaban J connectivity index is 2.24. The third kappa shape index (κ3) is 3.47. The molecule has 0 saturated heterocycles. The minimum Gasteiger partial charge on any atom is -0.493 e. The van der Waals surface area contributed by atoms with Gasteiger partial charge in [0.2, 0.25) is 5.91 Å². The number of likely N-dealkylation sites (N-methyl/N-ethyl adjacent to an activating group) is 1. The van der Waals surface area contributed by atoms with Gasteiger partial charge in [-0.15, -0.1) is 0 Å². The van der Waals surface area contributed by atoms with Crippen molar-refractivity contribution in [3.63, 3.8) is 0 Å². The Morgan fingerprint density at radius 2 is 1.74 bits per heavy atom. The number of aliphatic imine (C=N–C) groups is 1. The van der Waals surface area contributed by atoms with Gasteiger partial charge in [0, 0.05) is 24.2 Å². The van der Waals surface area contributed by atoms with E-state index in [1.807, 2.05) is 0 Å². The number of benzodiazepines with no additional fused rings is 1. The second kappa shape index (κ2) is 6.94. The van der Waals surface area contributed by atoms with Crippen molar-refractivity contribution in [2.45, 2.75) is 6.18 Å². The minimum atomic E-state index is -4.48. The second-order valence-electron chi connectivity index (χ2n) is 5.92. The van der Waals surface area contributed by atoms with E-state index in [9.17, 15) is 18.0 Å².